The summed E-state index contributed by atoms with van der Waals surface area (Å²) < 4.78 is 21.1. The summed E-state index contributed by atoms with van der Waals surface area (Å²) in [6, 6.07) is 12.4. The minimum atomic E-state index is -0.141. The summed E-state index contributed by atoms with van der Waals surface area (Å²) in [7, 11) is 4.70. The Morgan fingerprint density at radius 1 is 1.03 bits per heavy atom. The number of benzene rings is 2. The maximum absolute atomic E-state index is 12.8. The van der Waals surface area contributed by atoms with Crippen LogP contribution in [0.1, 0.15) is 23.2 Å². The van der Waals surface area contributed by atoms with E-state index >= 15 is 0 Å². The van der Waals surface area contributed by atoms with Crippen molar-refractivity contribution in [3.05, 3.63) is 53.9 Å². The van der Waals surface area contributed by atoms with Crippen LogP contribution in [0.15, 0.2) is 47.0 Å². The number of hydrogen-bond acceptors (Lipinski definition) is 7. The second-order valence-electron chi connectivity index (χ2n) is 6.13. The molecular formula is C21H23N3O5. The Bertz CT molecular complexity index is 986. The zero-order chi connectivity index (χ0) is 20.8. The first-order valence-corrected chi connectivity index (χ1v) is 9.07. The van der Waals surface area contributed by atoms with Crippen LogP contribution in [0.4, 0.5) is 0 Å². The number of nitrogens with zero attached hydrogens (tertiary/aromatic N) is 3. The van der Waals surface area contributed by atoms with Gasteiger partial charge in [-0.1, -0.05) is 11.2 Å². The molecule has 1 aromatic heterocycles. The summed E-state index contributed by atoms with van der Waals surface area (Å²) in [6.07, 6.45) is 0. The molecule has 0 atom stereocenters. The predicted octanol–water partition coefficient (Wildman–Crippen LogP) is 3.42. The highest BCUT2D eigenvalue weighted by Crippen LogP contribution is 2.31. The van der Waals surface area contributed by atoms with Crippen LogP contribution < -0.4 is 14.2 Å². The van der Waals surface area contributed by atoms with E-state index in [9.17, 15) is 4.79 Å². The molecule has 29 heavy (non-hydrogen) atoms. The van der Waals surface area contributed by atoms with E-state index in [0.29, 0.717) is 41.1 Å². The highest BCUT2D eigenvalue weighted by Gasteiger charge is 2.19. The maximum Gasteiger partial charge on any atom is 0.254 e. The molecule has 1 amide bonds. The number of carbonyl (C=O) groups is 1. The van der Waals surface area contributed by atoms with Crippen LogP contribution >= 0.6 is 0 Å². The van der Waals surface area contributed by atoms with Crippen LogP contribution in [0, 0.1) is 0 Å². The molecule has 152 valence electrons. The van der Waals surface area contributed by atoms with E-state index in [-0.39, 0.29) is 12.5 Å². The average molecular weight is 397 g/mol. The highest BCUT2D eigenvalue weighted by molar-refractivity contribution is 5.94. The third-order valence-corrected chi connectivity index (χ3v) is 4.42. The molecule has 3 rings (SSSR count). The summed E-state index contributed by atoms with van der Waals surface area (Å²) in [5.41, 5.74) is 1.26. The SMILES string of the molecule is CCN(Cc1nc(-c2ccc(OC)c(OC)c2)no1)C(=O)c1cccc(OC)c1. The Morgan fingerprint density at radius 2 is 1.83 bits per heavy atom. The molecule has 0 saturated carbocycles. The summed E-state index contributed by atoms with van der Waals surface area (Å²) >= 11 is 0. The lowest BCUT2D eigenvalue weighted by molar-refractivity contribution is 0.0734. The van der Waals surface area contributed by atoms with Crippen LogP contribution in [0.2, 0.25) is 0 Å². The Balaban J connectivity index is 1.78. The van der Waals surface area contributed by atoms with Gasteiger partial charge in [-0.15, -0.1) is 0 Å². The first-order valence-electron chi connectivity index (χ1n) is 9.07. The maximum atomic E-state index is 12.8. The quantitative estimate of drug-likeness (QED) is 0.575. The smallest absolute Gasteiger partial charge is 0.254 e. The largest absolute Gasteiger partial charge is 0.497 e. The fourth-order valence-electron chi connectivity index (χ4n) is 2.84. The summed E-state index contributed by atoms with van der Waals surface area (Å²) in [6.45, 7) is 2.58. The Kier molecular flexibility index (Phi) is 6.33. The van der Waals surface area contributed by atoms with Gasteiger partial charge in [0.05, 0.1) is 21.3 Å². The summed E-state index contributed by atoms with van der Waals surface area (Å²) in [5, 5.41) is 4.02. The average Bonchev–Trinajstić information content (AvgIpc) is 3.25. The van der Waals surface area contributed by atoms with Crippen molar-refractivity contribution in [2.75, 3.05) is 27.9 Å². The van der Waals surface area contributed by atoms with Gasteiger partial charge in [0.1, 0.15) is 12.3 Å². The number of aromatic nitrogens is 2. The molecule has 0 saturated heterocycles. The van der Waals surface area contributed by atoms with Gasteiger partial charge < -0.3 is 23.6 Å². The number of rotatable bonds is 8. The van der Waals surface area contributed by atoms with Crippen LogP contribution in [0.25, 0.3) is 11.4 Å². The molecule has 0 fully saturated rings. The molecule has 0 N–H and O–H groups in total. The number of carbonyl (C=O) groups excluding carboxylic acids is 1. The van der Waals surface area contributed by atoms with Gasteiger partial charge in [-0.2, -0.15) is 4.98 Å². The van der Waals surface area contributed by atoms with E-state index in [1.807, 2.05) is 13.0 Å². The third-order valence-electron chi connectivity index (χ3n) is 4.42. The topological polar surface area (TPSA) is 86.9 Å². The fraction of sp³-hybridized carbons (Fsp3) is 0.286. The van der Waals surface area contributed by atoms with E-state index in [0.717, 1.165) is 5.56 Å². The second kappa shape index (κ2) is 9.09. The molecule has 0 aliphatic carbocycles. The minimum absolute atomic E-state index is 0.141. The van der Waals surface area contributed by atoms with Crippen LogP contribution in [-0.4, -0.2) is 48.8 Å². The molecule has 2 aromatic carbocycles. The standard InChI is InChI=1S/C21H23N3O5/c1-5-24(21(25)15-7-6-8-16(11-15)26-2)13-19-22-20(23-29-19)14-9-10-17(27-3)18(12-14)28-4/h6-12H,5,13H2,1-4H3. The van der Waals surface area contributed by atoms with Crippen molar-refractivity contribution in [2.45, 2.75) is 13.5 Å². The van der Waals surface area contributed by atoms with Gasteiger partial charge in [0.25, 0.3) is 5.91 Å². The fourth-order valence-corrected chi connectivity index (χ4v) is 2.84. The summed E-state index contributed by atoms with van der Waals surface area (Å²) in [4.78, 5) is 18.9. The van der Waals surface area contributed by atoms with Crippen molar-refractivity contribution in [3.8, 4) is 28.6 Å². The second-order valence-corrected chi connectivity index (χ2v) is 6.13. The normalized spacial score (nSPS) is 10.5. The van der Waals surface area contributed by atoms with E-state index < -0.39 is 0 Å². The number of ether oxygens (including phenoxy) is 3. The molecule has 0 unspecified atom stereocenters. The molecule has 0 bridgehead atoms. The van der Waals surface area contributed by atoms with Gasteiger partial charge in [-0.3, -0.25) is 4.79 Å². The Morgan fingerprint density at radius 3 is 2.52 bits per heavy atom. The number of amides is 1. The molecule has 8 nitrogen and oxygen atoms in total. The lowest BCUT2D eigenvalue weighted by atomic mass is 10.2. The van der Waals surface area contributed by atoms with Gasteiger partial charge in [-0.25, -0.2) is 0 Å². The lowest BCUT2D eigenvalue weighted by Gasteiger charge is -2.19. The molecule has 0 radical (unpaired) electrons. The van der Waals surface area contributed by atoms with Crippen molar-refractivity contribution >= 4 is 5.91 Å². The molecule has 8 heteroatoms. The van der Waals surface area contributed by atoms with E-state index in [1.54, 1.807) is 62.6 Å². The monoisotopic (exact) mass is 397 g/mol. The molecule has 1 heterocycles. The van der Waals surface area contributed by atoms with Gasteiger partial charge in [0, 0.05) is 17.7 Å². The van der Waals surface area contributed by atoms with Crippen LogP contribution in [0.3, 0.4) is 0 Å². The third kappa shape index (κ3) is 4.48. The Labute approximate surface area is 169 Å². The van der Waals surface area contributed by atoms with Crippen LogP contribution in [-0.2, 0) is 6.54 Å². The van der Waals surface area contributed by atoms with Crippen molar-refractivity contribution in [2.24, 2.45) is 0 Å². The first kappa shape index (κ1) is 20.2. The van der Waals surface area contributed by atoms with Crippen LogP contribution in [0.5, 0.6) is 17.2 Å². The van der Waals surface area contributed by atoms with Crippen molar-refractivity contribution in [1.29, 1.82) is 0 Å². The van der Waals surface area contributed by atoms with Gasteiger partial charge >= 0.3 is 0 Å². The van der Waals surface area contributed by atoms with E-state index in [4.69, 9.17) is 18.7 Å². The minimum Gasteiger partial charge on any atom is -0.497 e. The first-order chi connectivity index (χ1) is 14.1. The molecule has 0 aliphatic rings. The predicted molar refractivity (Wildman–Crippen MR) is 106 cm³/mol. The number of methoxy groups -OCH3 is 3. The Hall–Kier alpha value is -3.55. The van der Waals surface area contributed by atoms with E-state index in [1.165, 1.54) is 0 Å². The zero-order valence-electron chi connectivity index (χ0n) is 16.8. The van der Waals surface area contributed by atoms with Gasteiger partial charge in [0.15, 0.2) is 11.5 Å². The zero-order valence-corrected chi connectivity index (χ0v) is 16.8. The summed E-state index contributed by atoms with van der Waals surface area (Å²) in [5.74, 6) is 2.41. The van der Waals surface area contributed by atoms with Crippen molar-refractivity contribution in [1.82, 2.24) is 15.0 Å². The molecule has 3 aromatic rings. The van der Waals surface area contributed by atoms with Gasteiger partial charge in [0.2, 0.25) is 11.7 Å². The molecule has 0 aliphatic heterocycles. The lowest BCUT2D eigenvalue weighted by Crippen LogP contribution is -2.30. The van der Waals surface area contributed by atoms with E-state index in [2.05, 4.69) is 10.1 Å². The van der Waals surface area contributed by atoms with Crippen molar-refractivity contribution in [3.63, 3.8) is 0 Å². The highest BCUT2D eigenvalue weighted by atomic mass is 16.5. The number of hydrogen-bond donors (Lipinski definition) is 0. The molecule has 0 spiro atoms. The molecular weight excluding hydrogens is 374 g/mol. The van der Waals surface area contributed by atoms with Crippen molar-refractivity contribution < 1.29 is 23.5 Å². The van der Waals surface area contributed by atoms with Gasteiger partial charge in [-0.05, 0) is 43.3 Å².